The number of phosphoric acid groups is 2. The highest BCUT2D eigenvalue weighted by molar-refractivity contribution is 7.47. The minimum Gasteiger partial charge on any atom is -0.463 e. The van der Waals surface area contributed by atoms with Crippen molar-refractivity contribution < 1.29 is 75.8 Å². The van der Waals surface area contributed by atoms with Gasteiger partial charge in [-0.15, -0.1) is 0 Å². The Bertz CT molecular complexity index is 2480. The van der Waals surface area contributed by atoms with E-state index in [1.807, 2.05) is 0 Å². The van der Waals surface area contributed by atoms with Crippen LogP contribution in [0.1, 0.15) is 265 Å². The highest BCUT2D eigenvalue weighted by Crippen LogP contribution is 2.45. The fourth-order valence-electron chi connectivity index (χ4n) is 9.25. The third kappa shape index (κ3) is 73.9. The number of hydrogen-bond acceptors (Lipinski definition) is 14. The molecule has 0 bridgehead atoms. The second kappa shape index (κ2) is 72.7. The summed E-state index contributed by atoms with van der Waals surface area (Å²) >= 11 is 0. The van der Waals surface area contributed by atoms with Crippen LogP contribution in [-0.4, -0.2) is 95.9 Å². The SMILES string of the molecule is CC/C=C\C/C=C\C/C=C\C/C=C\C/C=C\CCCCCCCC(=O)OCC(COP(=O)(O)OCC(O)COP(=O)(O)OCC(O)COC(=O)CCCCCCCCC/C=C\C/C=C\C/C=C\C/C=C\CCCCC)OC(=O)CCCCC/C=C\C/C=C\C/C=C\C/C=C\C/C=C\CC. The molecule has 0 aromatic carbocycles. The molecule has 0 aliphatic carbocycles. The number of rotatable bonds is 69. The van der Waals surface area contributed by atoms with Crippen LogP contribution in [0, 0.1) is 0 Å². The van der Waals surface area contributed by atoms with Gasteiger partial charge < -0.3 is 34.2 Å². The van der Waals surface area contributed by atoms with E-state index in [2.05, 4.69) is 191 Å². The summed E-state index contributed by atoms with van der Waals surface area (Å²) in [5, 5.41) is 20.6. The number of phosphoric ester groups is 2. The van der Waals surface area contributed by atoms with Crippen molar-refractivity contribution >= 4 is 33.6 Å². The zero-order chi connectivity index (χ0) is 72.3. The molecule has 0 radical (unpaired) electrons. The average Bonchev–Trinajstić information content (AvgIpc) is 2.42. The quantitative estimate of drug-likeness (QED) is 0.0146. The number of aliphatic hydroxyl groups is 2. The van der Waals surface area contributed by atoms with Gasteiger partial charge in [-0.3, -0.25) is 32.5 Å². The number of ether oxygens (including phenoxy) is 3. The Morgan fingerprint density at radius 2 is 0.535 bits per heavy atom. The van der Waals surface area contributed by atoms with Gasteiger partial charge in [-0.25, -0.2) is 9.13 Å². The van der Waals surface area contributed by atoms with Crippen molar-refractivity contribution in [2.75, 3.05) is 39.6 Å². The Balaban J connectivity index is 4.76. The Morgan fingerprint density at radius 1 is 0.293 bits per heavy atom. The van der Waals surface area contributed by atoms with E-state index in [1.165, 1.54) is 25.7 Å². The first-order chi connectivity index (χ1) is 48.2. The first kappa shape index (κ1) is 93.9. The highest BCUT2D eigenvalue weighted by atomic mass is 31.2. The standard InChI is InChI=1S/C81H132O16P2/c1-4-7-10-13-16-19-22-25-28-31-34-36-37-39-42-43-46-49-52-55-58-61-64-67-79(84)91-70-76(82)71-93-98(87,88)94-72-77(83)73-95-99(89,90)96-75-78(97-81(86)69-66-63-60-57-54-51-48-45-40-33-30-27-24-21-18-15-12-9-6-3)74-92-80(85)68-65-62-59-56-53-50-47-44-41-38-35-32-29-26-23-20-17-14-11-8-5-2/h8-9,11-12,16-21,25-30,34-36,38-40,42,44-45,47,51,54,76-78,82-83H,4-7,10,13-15,22-24,31-33,37,41,43,46,48-50,52-53,55-75H2,1-3H3,(H,87,88)(H,89,90)/b11-8-,12-9-,19-16-,20-17-,21-18-,28-25-,29-26-,30-27-,36-34-,38-35-,42-39-,45-40-,47-44-,54-51-. The van der Waals surface area contributed by atoms with E-state index in [0.717, 1.165) is 180 Å². The van der Waals surface area contributed by atoms with Crippen LogP contribution in [0.4, 0.5) is 0 Å². The van der Waals surface area contributed by atoms with Crippen LogP contribution in [0.5, 0.6) is 0 Å². The Kier molecular flexibility index (Phi) is 69.0. The second-order valence-corrected chi connectivity index (χ2v) is 27.2. The molecule has 16 nitrogen and oxygen atoms in total. The summed E-state index contributed by atoms with van der Waals surface area (Å²) in [5.41, 5.74) is 0. The first-order valence-electron chi connectivity index (χ1n) is 37.4. The Morgan fingerprint density at radius 3 is 0.859 bits per heavy atom. The predicted octanol–water partition coefficient (Wildman–Crippen LogP) is 21.6. The highest BCUT2D eigenvalue weighted by Gasteiger charge is 2.29. The van der Waals surface area contributed by atoms with Crippen LogP contribution in [0.25, 0.3) is 0 Å². The van der Waals surface area contributed by atoms with Gasteiger partial charge in [0, 0.05) is 19.3 Å². The molecule has 0 aliphatic heterocycles. The molecule has 0 spiro atoms. The van der Waals surface area contributed by atoms with E-state index in [1.54, 1.807) is 0 Å². The minimum atomic E-state index is -4.95. The topological polar surface area (TPSA) is 231 Å². The van der Waals surface area contributed by atoms with Gasteiger partial charge in [-0.05, 0) is 154 Å². The maximum absolute atomic E-state index is 13.0. The molecule has 4 N–H and O–H groups in total. The fraction of sp³-hybridized carbons (Fsp3) is 0.617. The summed E-state index contributed by atoms with van der Waals surface area (Å²) in [6, 6.07) is 0. The fourth-order valence-corrected chi connectivity index (χ4v) is 10.8. The number of unbranched alkanes of at least 4 members (excludes halogenated alkanes) is 18. The van der Waals surface area contributed by atoms with Crippen LogP contribution in [0.15, 0.2) is 170 Å². The van der Waals surface area contributed by atoms with Gasteiger partial charge in [-0.2, -0.15) is 0 Å². The Hall–Kier alpha value is -5.09. The lowest BCUT2D eigenvalue weighted by Crippen LogP contribution is -2.30. The molecule has 0 saturated carbocycles. The lowest BCUT2D eigenvalue weighted by atomic mass is 10.1. The number of esters is 3. The monoisotopic (exact) mass is 1420 g/mol. The Labute approximate surface area is 599 Å². The largest absolute Gasteiger partial charge is 0.472 e. The molecule has 5 atom stereocenters. The number of carbonyl (C=O) groups is 3. The molecule has 5 unspecified atom stereocenters. The van der Waals surface area contributed by atoms with E-state index in [-0.39, 0.29) is 19.3 Å². The van der Waals surface area contributed by atoms with E-state index in [4.69, 9.17) is 32.3 Å². The van der Waals surface area contributed by atoms with Crippen LogP contribution in [0.3, 0.4) is 0 Å². The third-order valence-electron chi connectivity index (χ3n) is 14.9. The molecule has 0 aliphatic rings. The van der Waals surface area contributed by atoms with Crippen LogP contribution in [0.2, 0.25) is 0 Å². The van der Waals surface area contributed by atoms with E-state index >= 15 is 0 Å². The van der Waals surface area contributed by atoms with Gasteiger partial charge in [0.25, 0.3) is 0 Å². The number of hydrogen-bond donors (Lipinski definition) is 4. The van der Waals surface area contributed by atoms with E-state index in [9.17, 15) is 43.5 Å². The van der Waals surface area contributed by atoms with Crippen LogP contribution in [-0.2, 0) is 55.8 Å². The summed E-state index contributed by atoms with van der Waals surface area (Å²) in [6.07, 6.45) is 91.0. The number of aliphatic hydroxyl groups excluding tert-OH is 2. The van der Waals surface area contributed by atoms with Crippen molar-refractivity contribution in [2.45, 2.75) is 283 Å². The van der Waals surface area contributed by atoms with Gasteiger partial charge in [-0.1, -0.05) is 262 Å². The molecule has 0 heterocycles. The van der Waals surface area contributed by atoms with Gasteiger partial charge in [0.15, 0.2) is 6.10 Å². The summed E-state index contributed by atoms with van der Waals surface area (Å²) in [5.74, 6) is -1.66. The lowest BCUT2D eigenvalue weighted by molar-refractivity contribution is -0.161. The lowest BCUT2D eigenvalue weighted by Gasteiger charge is -2.21. The number of carbonyl (C=O) groups excluding carboxylic acids is 3. The smallest absolute Gasteiger partial charge is 0.463 e. The molecule has 0 amide bonds. The van der Waals surface area contributed by atoms with Crippen molar-refractivity contribution in [1.29, 1.82) is 0 Å². The van der Waals surface area contributed by atoms with Crippen LogP contribution >= 0.6 is 15.6 Å². The summed E-state index contributed by atoms with van der Waals surface area (Å²) < 4.78 is 61.0. The molecular formula is C81H132O16P2. The molecule has 99 heavy (non-hydrogen) atoms. The van der Waals surface area contributed by atoms with Gasteiger partial charge in [0.2, 0.25) is 0 Å². The second-order valence-electron chi connectivity index (χ2n) is 24.3. The molecule has 0 aromatic rings. The maximum atomic E-state index is 13.0. The normalized spacial score (nSPS) is 15.0. The van der Waals surface area contributed by atoms with Crippen LogP contribution < -0.4 is 0 Å². The molecule has 0 saturated heterocycles. The predicted molar refractivity (Wildman–Crippen MR) is 408 cm³/mol. The molecule has 18 heteroatoms. The molecule has 0 aromatic heterocycles. The van der Waals surface area contributed by atoms with Gasteiger partial charge in [0.05, 0.1) is 26.4 Å². The van der Waals surface area contributed by atoms with Crippen molar-refractivity contribution in [3.8, 4) is 0 Å². The zero-order valence-electron chi connectivity index (χ0n) is 61.1. The molecular weight excluding hydrogens is 1290 g/mol. The van der Waals surface area contributed by atoms with Crippen molar-refractivity contribution in [1.82, 2.24) is 0 Å². The molecule has 562 valence electrons. The maximum Gasteiger partial charge on any atom is 0.472 e. The van der Waals surface area contributed by atoms with E-state index in [0.29, 0.717) is 19.3 Å². The summed E-state index contributed by atoms with van der Waals surface area (Å²) in [7, 11) is -9.82. The summed E-state index contributed by atoms with van der Waals surface area (Å²) in [6.45, 7) is 2.32. The van der Waals surface area contributed by atoms with Gasteiger partial charge >= 0.3 is 33.6 Å². The van der Waals surface area contributed by atoms with Gasteiger partial charge in [0.1, 0.15) is 25.4 Å². The van der Waals surface area contributed by atoms with E-state index < -0.39 is 91.5 Å². The molecule has 0 rings (SSSR count). The van der Waals surface area contributed by atoms with Crippen molar-refractivity contribution in [2.24, 2.45) is 0 Å². The van der Waals surface area contributed by atoms with Crippen molar-refractivity contribution in [3.05, 3.63) is 170 Å². The molecule has 0 fully saturated rings. The van der Waals surface area contributed by atoms with Crippen molar-refractivity contribution in [3.63, 3.8) is 0 Å². The summed E-state index contributed by atoms with van der Waals surface area (Å²) in [4.78, 5) is 58.6. The minimum absolute atomic E-state index is 0.0532. The average molecular weight is 1420 g/mol. The zero-order valence-corrected chi connectivity index (χ0v) is 62.9. The number of allylic oxidation sites excluding steroid dienone is 28. The third-order valence-corrected chi connectivity index (χ3v) is 16.8. The first-order valence-corrected chi connectivity index (χ1v) is 40.4.